The van der Waals surface area contributed by atoms with E-state index in [4.69, 9.17) is 14.7 Å². The second-order valence-electron chi connectivity index (χ2n) is 5.58. The Labute approximate surface area is 97.9 Å². The Hall–Kier alpha value is -0.0600. The first-order valence-corrected chi connectivity index (χ1v) is 7.17. The van der Waals surface area contributed by atoms with Crippen molar-refractivity contribution in [2.75, 3.05) is 27.3 Å². The van der Waals surface area contributed by atoms with E-state index in [1.54, 1.807) is 0 Å². The first kappa shape index (κ1) is 15.9. The van der Waals surface area contributed by atoms with E-state index in [-0.39, 0.29) is 11.8 Å². The number of ketones is 1. The Kier molecular flexibility index (Phi) is 5.50. The minimum absolute atomic E-state index is 0.290. The molecular formula is C10H24NO4P+2. The Bertz CT molecular complexity index is 242. The minimum atomic E-state index is -4.00. The van der Waals surface area contributed by atoms with E-state index in [1.165, 1.54) is 0 Å². The van der Waals surface area contributed by atoms with Crippen LogP contribution in [0.25, 0.3) is 0 Å². The summed E-state index contributed by atoms with van der Waals surface area (Å²) in [4.78, 5) is 38.7. The zero-order valence-electron chi connectivity index (χ0n) is 10.7. The maximum absolute atomic E-state index is 11.9. The van der Waals surface area contributed by atoms with Crippen LogP contribution in [0.15, 0.2) is 0 Å². The highest BCUT2D eigenvalue weighted by Crippen LogP contribution is 2.44. The fourth-order valence-electron chi connectivity index (χ4n) is 1.64. The third-order valence-corrected chi connectivity index (χ3v) is 3.11. The van der Waals surface area contributed by atoms with Gasteiger partial charge in [0.1, 0.15) is 0 Å². The lowest BCUT2D eigenvalue weighted by Crippen LogP contribution is -2.51. The average molecular weight is 253 g/mol. The molecule has 0 aromatic rings. The van der Waals surface area contributed by atoms with E-state index >= 15 is 0 Å². The average Bonchev–Trinajstić information content (AvgIpc) is 1.93. The molecule has 0 fully saturated rings. The number of Topliss-reactive ketones (excluding diaryl/α,β-unsaturated/α-hetero) is 1. The minimum Gasteiger partial charge on any atom is -0.322 e. The molecule has 0 aliphatic carbocycles. The third kappa shape index (κ3) is 6.51. The smallest absolute Gasteiger partial charge is 0.322 e. The highest BCUT2D eigenvalue weighted by atomic mass is 31.2. The molecule has 0 saturated heterocycles. The molecule has 16 heavy (non-hydrogen) atoms. The molecule has 0 aliphatic rings. The van der Waals surface area contributed by atoms with Crippen molar-refractivity contribution in [2.24, 2.45) is 5.92 Å². The summed E-state index contributed by atoms with van der Waals surface area (Å²) in [6.45, 7) is 4.02. The van der Waals surface area contributed by atoms with Gasteiger partial charge in [-0.15, -0.1) is 0 Å². The molecule has 0 bridgehead atoms. The SMILES string of the molecule is CC(C)C[C@@H](C(=O)C[P+](O)(O)O)[N+](C)(C)C. The predicted molar refractivity (Wildman–Crippen MR) is 64.7 cm³/mol. The van der Waals surface area contributed by atoms with Crippen LogP contribution in [0.4, 0.5) is 0 Å². The molecule has 1 atom stereocenters. The van der Waals surface area contributed by atoms with Gasteiger partial charge in [-0.05, 0) is 5.92 Å². The van der Waals surface area contributed by atoms with Gasteiger partial charge in [0.25, 0.3) is 0 Å². The second-order valence-corrected chi connectivity index (χ2v) is 7.28. The number of hydrogen-bond donors (Lipinski definition) is 3. The van der Waals surface area contributed by atoms with Gasteiger partial charge in [0.15, 0.2) is 6.04 Å². The number of nitrogens with zero attached hydrogens (tertiary/aromatic N) is 1. The zero-order valence-corrected chi connectivity index (χ0v) is 11.6. The number of quaternary nitrogens is 1. The molecule has 0 amide bonds. The first-order valence-electron chi connectivity index (χ1n) is 5.33. The fraction of sp³-hybridized carbons (Fsp3) is 0.900. The van der Waals surface area contributed by atoms with Gasteiger partial charge in [-0.25, -0.2) is 0 Å². The summed E-state index contributed by atoms with van der Waals surface area (Å²) in [6.07, 6.45) is 0.127. The van der Waals surface area contributed by atoms with Gasteiger partial charge in [0.2, 0.25) is 11.9 Å². The topological polar surface area (TPSA) is 77.8 Å². The molecule has 3 N–H and O–H groups in total. The van der Waals surface area contributed by atoms with E-state index < -0.39 is 14.1 Å². The van der Waals surface area contributed by atoms with Crippen LogP contribution in [0.5, 0.6) is 0 Å². The van der Waals surface area contributed by atoms with E-state index in [0.717, 1.165) is 0 Å². The van der Waals surface area contributed by atoms with Crippen LogP contribution in [0.3, 0.4) is 0 Å². The number of rotatable bonds is 6. The lowest BCUT2D eigenvalue weighted by Gasteiger charge is -2.33. The highest BCUT2D eigenvalue weighted by Gasteiger charge is 2.41. The number of carbonyl (C=O) groups excluding carboxylic acids is 1. The Morgan fingerprint density at radius 3 is 1.88 bits per heavy atom. The van der Waals surface area contributed by atoms with E-state index in [2.05, 4.69) is 0 Å². The lowest BCUT2D eigenvalue weighted by molar-refractivity contribution is -0.887. The normalized spacial score (nSPS) is 15.3. The maximum Gasteiger partial charge on any atom is 0.411 e. The summed E-state index contributed by atoms with van der Waals surface area (Å²) in [5.74, 6) is 0.0529. The van der Waals surface area contributed by atoms with Crippen molar-refractivity contribution in [2.45, 2.75) is 26.3 Å². The molecule has 0 aliphatic heterocycles. The molecule has 0 spiro atoms. The third-order valence-electron chi connectivity index (χ3n) is 2.37. The van der Waals surface area contributed by atoms with Crippen molar-refractivity contribution in [3.05, 3.63) is 0 Å². The van der Waals surface area contributed by atoms with Crippen molar-refractivity contribution in [3.8, 4) is 0 Å². The second kappa shape index (κ2) is 5.52. The van der Waals surface area contributed by atoms with Gasteiger partial charge in [-0.2, -0.15) is 14.7 Å². The zero-order chi connectivity index (χ0) is 13.1. The molecule has 96 valence electrons. The van der Waals surface area contributed by atoms with Crippen LogP contribution >= 0.6 is 7.94 Å². The first-order chi connectivity index (χ1) is 6.93. The van der Waals surface area contributed by atoms with E-state index in [1.807, 2.05) is 35.0 Å². The van der Waals surface area contributed by atoms with Crippen molar-refractivity contribution in [1.82, 2.24) is 0 Å². The van der Waals surface area contributed by atoms with Crippen LogP contribution in [0.2, 0.25) is 0 Å². The predicted octanol–water partition coefficient (Wildman–Crippen LogP) is 0.416. The number of carbonyl (C=O) groups is 1. The van der Waals surface area contributed by atoms with Crippen molar-refractivity contribution in [3.63, 3.8) is 0 Å². The summed E-state index contributed by atoms with van der Waals surface area (Å²) in [5.41, 5.74) is 0. The van der Waals surface area contributed by atoms with Crippen molar-refractivity contribution < 1.29 is 24.0 Å². The van der Waals surface area contributed by atoms with Crippen LogP contribution < -0.4 is 0 Å². The molecule has 0 unspecified atom stereocenters. The largest absolute Gasteiger partial charge is 0.411 e. The molecule has 0 saturated carbocycles. The molecule has 0 heterocycles. The molecular weight excluding hydrogens is 229 g/mol. The number of likely N-dealkylation sites (N-methyl/N-ethyl adjacent to an activating group) is 1. The molecule has 0 aromatic heterocycles. The standard InChI is InChI=1S/C10H24NO4P/c1-8(2)6-9(11(3,4)5)10(12)7-16(13,14)15/h8-9,13-15H,6-7H2,1-5H3/q+2/t9-/m0/s1. The van der Waals surface area contributed by atoms with Crippen LogP contribution in [-0.4, -0.2) is 58.3 Å². The summed E-state index contributed by atoms with van der Waals surface area (Å²) in [5, 5.41) is 0. The Morgan fingerprint density at radius 2 is 1.62 bits per heavy atom. The van der Waals surface area contributed by atoms with Crippen molar-refractivity contribution >= 4 is 13.7 Å². The highest BCUT2D eigenvalue weighted by molar-refractivity contribution is 7.59. The van der Waals surface area contributed by atoms with Crippen LogP contribution in [-0.2, 0) is 4.79 Å². The van der Waals surface area contributed by atoms with Crippen molar-refractivity contribution in [1.29, 1.82) is 0 Å². The van der Waals surface area contributed by atoms with Gasteiger partial charge >= 0.3 is 7.94 Å². The Balaban J connectivity index is 4.71. The van der Waals surface area contributed by atoms with Gasteiger partial charge in [0, 0.05) is 6.42 Å². The lowest BCUT2D eigenvalue weighted by atomic mass is 9.99. The number of hydrogen-bond acceptors (Lipinski definition) is 4. The maximum atomic E-state index is 11.9. The van der Waals surface area contributed by atoms with Gasteiger partial charge in [-0.3, -0.25) is 4.79 Å². The summed E-state index contributed by atoms with van der Waals surface area (Å²) < 4.78 is 0.428. The molecule has 0 radical (unpaired) electrons. The molecule has 6 heteroatoms. The fourth-order valence-corrected chi connectivity index (χ4v) is 2.27. The Morgan fingerprint density at radius 1 is 1.19 bits per heavy atom. The van der Waals surface area contributed by atoms with Crippen LogP contribution in [0.1, 0.15) is 20.3 Å². The monoisotopic (exact) mass is 253 g/mol. The summed E-state index contributed by atoms with van der Waals surface area (Å²) >= 11 is 0. The van der Waals surface area contributed by atoms with Gasteiger partial charge in [0.05, 0.1) is 21.1 Å². The van der Waals surface area contributed by atoms with Gasteiger partial charge in [-0.1, -0.05) is 13.8 Å². The summed E-state index contributed by atoms with van der Waals surface area (Å²) in [6, 6.07) is -0.314. The van der Waals surface area contributed by atoms with E-state index in [0.29, 0.717) is 16.8 Å². The quantitative estimate of drug-likeness (QED) is 0.473. The molecule has 0 aromatic carbocycles. The molecule has 0 rings (SSSR count). The van der Waals surface area contributed by atoms with E-state index in [9.17, 15) is 4.79 Å². The van der Waals surface area contributed by atoms with Crippen LogP contribution in [0, 0.1) is 5.92 Å². The molecule has 5 nitrogen and oxygen atoms in total. The van der Waals surface area contributed by atoms with Gasteiger partial charge < -0.3 is 4.48 Å². The summed E-state index contributed by atoms with van der Waals surface area (Å²) in [7, 11) is 1.66.